The molecule has 0 aliphatic carbocycles. The predicted molar refractivity (Wildman–Crippen MR) is 127 cm³/mol. The summed E-state index contributed by atoms with van der Waals surface area (Å²) < 4.78 is 40.6. The van der Waals surface area contributed by atoms with Crippen molar-refractivity contribution in [2.45, 2.75) is 26.1 Å². The van der Waals surface area contributed by atoms with Gasteiger partial charge >= 0.3 is 6.18 Å². The number of rotatable bonds is 6. The van der Waals surface area contributed by atoms with Crippen molar-refractivity contribution >= 4 is 23.1 Å². The van der Waals surface area contributed by atoms with Crippen LogP contribution in [0.3, 0.4) is 0 Å². The smallest absolute Gasteiger partial charge is 0.343 e. The second kappa shape index (κ2) is 9.61. The molecule has 36 heavy (non-hydrogen) atoms. The summed E-state index contributed by atoms with van der Waals surface area (Å²) in [7, 11) is 0. The fourth-order valence-electron chi connectivity index (χ4n) is 3.71. The Hall–Kier alpha value is -4.54. The van der Waals surface area contributed by atoms with Crippen LogP contribution in [0.1, 0.15) is 40.4 Å². The summed E-state index contributed by atoms with van der Waals surface area (Å²) in [4.78, 5) is 37.3. The average Bonchev–Trinajstić information content (AvgIpc) is 3.25. The molecule has 1 atom stereocenters. The number of aryl methyl sites for hydroxylation is 1. The number of hydrogen-bond acceptors (Lipinski definition) is 5. The Kier molecular flexibility index (Phi) is 6.56. The average molecular weight is 494 g/mol. The number of alkyl halides is 3. The quantitative estimate of drug-likeness (QED) is 0.377. The number of carbonyl (C=O) groups is 2. The zero-order valence-corrected chi connectivity index (χ0v) is 19.3. The molecule has 0 fully saturated rings. The van der Waals surface area contributed by atoms with E-state index < -0.39 is 23.7 Å². The van der Waals surface area contributed by atoms with Gasteiger partial charge in [-0.05, 0) is 44.2 Å². The van der Waals surface area contributed by atoms with Gasteiger partial charge < -0.3 is 10.6 Å². The van der Waals surface area contributed by atoms with Crippen LogP contribution in [0.4, 0.5) is 19.0 Å². The van der Waals surface area contributed by atoms with E-state index in [2.05, 4.69) is 27.2 Å². The Morgan fingerprint density at radius 1 is 1.11 bits per heavy atom. The second-order valence-corrected chi connectivity index (χ2v) is 7.94. The van der Waals surface area contributed by atoms with Crippen LogP contribution in [0, 0.1) is 6.92 Å². The number of nitrogens with one attached hydrogen (secondary N) is 2. The maximum absolute atomic E-state index is 12.9. The normalized spacial score (nSPS) is 12.2. The molecule has 1 unspecified atom stereocenters. The monoisotopic (exact) mass is 494 g/mol. The van der Waals surface area contributed by atoms with Gasteiger partial charge in [0.2, 0.25) is 5.91 Å². The van der Waals surface area contributed by atoms with E-state index in [1.165, 1.54) is 18.2 Å². The van der Waals surface area contributed by atoms with Gasteiger partial charge in [-0.15, -0.1) is 0 Å². The zero-order valence-electron chi connectivity index (χ0n) is 19.3. The van der Waals surface area contributed by atoms with Gasteiger partial charge in [0, 0.05) is 29.7 Å². The first kappa shape index (κ1) is 24.6. The molecule has 0 aliphatic rings. The molecule has 0 saturated carbocycles. The fourth-order valence-corrected chi connectivity index (χ4v) is 3.71. The molecule has 4 rings (SSSR count). The lowest BCUT2D eigenvalue weighted by molar-refractivity contribution is -0.137. The zero-order chi connectivity index (χ0) is 26.0. The minimum atomic E-state index is -4.55. The molecule has 184 valence electrons. The standard InChI is InChI=1S/C25H21F3N6O2/c1-4-20(35)31-15(3)23-33-21(22-14(2)29-11-12-34(22)23)16-5-7-17(8-6-16)24(36)32-19-13-18(9-10-30-19)25(26,27)28/h4-13,15H,1H2,2-3H3,(H,31,35)(H,30,32,36). The van der Waals surface area contributed by atoms with Crippen LogP contribution < -0.4 is 10.6 Å². The van der Waals surface area contributed by atoms with Crippen molar-refractivity contribution in [3.05, 3.63) is 90.3 Å². The van der Waals surface area contributed by atoms with Crippen LogP contribution in [-0.4, -0.2) is 31.2 Å². The Morgan fingerprint density at radius 3 is 2.50 bits per heavy atom. The van der Waals surface area contributed by atoms with E-state index in [9.17, 15) is 22.8 Å². The van der Waals surface area contributed by atoms with Gasteiger partial charge in [0.15, 0.2) is 0 Å². The third kappa shape index (κ3) is 4.95. The van der Waals surface area contributed by atoms with Crippen LogP contribution in [0.5, 0.6) is 0 Å². The fraction of sp³-hybridized carbons (Fsp3) is 0.160. The molecule has 0 saturated heterocycles. The first-order valence-electron chi connectivity index (χ1n) is 10.8. The molecule has 0 spiro atoms. The molecule has 4 aromatic rings. The Labute approximate surface area is 203 Å². The van der Waals surface area contributed by atoms with Gasteiger partial charge in [0.25, 0.3) is 5.91 Å². The van der Waals surface area contributed by atoms with Gasteiger partial charge in [0.05, 0.1) is 28.5 Å². The van der Waals surface area contributed by atoms with Crippen molar-refractivity contribution in [2.24, 2.45) is 0 Å². The Balaban J connectivity index is 1.63. The van der Waals surface area contributed by atoms with Crippen molar-refractivity contribution in [1.29, 1.82) is 0 Å². The van der Waals surface area contributed by atoms with Crippen LogP contribution in [0.2, 0.25) is 0 Å². The van der Waals surface area contributed by atoms with Crippen LogP contribution in [-0.2, 0) is 11.0 Å². The molecule has 1 aromatic carbocycles. The number of pyridine rings is 1. The van der Waals surface area contributed by atoms with Crippen molar-refractivity contribution in [3.8, 4) is 11.3 Å². The number of amides is 2. The Morgan fingerprint density at radius 2 is 1.83 bits per heavy atom. The lowest BCUT2D eigenvalue weighted by Crippen LogP contribution is -2.26. The highest BCUT2D eigenvalue weighted by molar-refractivity contribution is 6.04. The summed E-state index contributed by atoms with van der Waals surface area (Å²) in [6.07, 6.45) is 0.995. The van der Waals surface area contributed by atoms with E-state index in [1.807, 2.05) is 11.3 Å². The van der Waals surface area contributed by atoms with Crippen molar-refractivity contribution in [1.82, 2.24) is 24.7 Å². The molecule has 0 aliphatic heterocycles. The molecule has 3 heterocycles. The molecule has 0 radical (unpaired) electrons. The number of imidazole rings is 1. The van der Waals surface area contributed by atoms with Crippen molar-refractivity contribution in [3.63, 3.8) is 0 Å². The van der Waals surface area contributed by atoms with Gasteiger partial charge in [0.1, 0.15) is 11.6 Å². The highest BCUT2D eigenvalue weighted by Gasteiger charge is 2.31. The van der Waals surface area contributed by atoms with Gasteiger partial charge in [-0.3, -0.25) is 19.0 Å². The molecule has 2 N–H and O–H groups in total. The van der Waals surface area contributed by atoms with Crippen LogP contribution in [0.25, 0.3) is 16.8 Å². The first-order valence-corrected chi connectivity index (χ1v) is 10.8. The first-order chi connectivity index (χ1) is 17.1. The van der Waals surface area contributed by atoms with Crippen LogP contribution >= 0.6 is 0 Å². The Bertz CT molecular complexity index is 1460. The molecule has 0 bridgehead atoms. The van der Waals surface area contributed by atoms with Gasteiger partial charge in [-0.25, -0.2) is 9.97 Å². The number of carbonyl (C=O) groups excluding carboxylic acids is 2. The minimum absolute atomic E-state index is 0.208. The SMILES string of the molecule is C=CC(=O)NC(C)c1nc(-c2ccc(C(=O)Nc3cc(C(F)(F)F)ccn3)cc2)c2c(C)nccn12. The highest BCUT2D eigenvalue weighted by Crippen LogP contribution is 2.31. The highest BCUT2D eigenvalue weighted by atomic mass is 19.4. The summed E-state index contributed by atoms with van der Waals surface area (Å²) in [5.74, 6) is -0.571. The molecule has 2 amide bonds. The van der Waals surface area contributed by atoms with E-state index in [0.717, 1.165) is 23.8 Å². The van der Waals surface area contributed by atoms with E-state index in [1.54, 1.807) is 31.5 Å². The summed E-state index contributed by atoms with van der Waals surface area (Å²) in [5, 5.41) is 5.18. The number of hydrogen-bond donors (Lipinski definition) is 2. The molecular weight excluding hydrogens is 473 g/mol. The largest absolute Gasteiger partial charge is 0.416 e. The van der Waals surface area contributed by atoms with Crippen molar-refractivity contribution < 1.29 is 22.8 Å². The third-order valence-electron chi connectivity index (χ3n) is 5.45. The minimum Gasteiger partial charge on any atom is -0.343 e. The summed E-state index contributed by atoms with van der Waals surface area (Å²) in [6, 6.07) is 7.61. The maximum Gasteiger partial charge on any atom is 0.416 e. The molecule has 8 nitrogen and oxygen atoms in total. The number of aromatic nitrogens is 4. The van der Waals surface area contributed by atoms with E-state index >= 15 is 0 Å². The molecule has 3 aromatic heterocycles. The maximum atomic E-state index is 12.9. The lowest BCUT2D eigenvalue weighted by Gasteiger charge is -2.11. The van der Waals surface area contributed by atoms with Gasteiger partial charge in [-0.1, -0.05) is 18.7 Å². The number of nitrogens with zero attached hydrogens (tertiary/aromatic N) is 4. The summed E-state index contributed by atoms with van der Waals surface area (Å²) >= 11 is 0. The van der Waals surface area contributed by atoms with E-state index in [0.29, 0.717) is 22.8 Å². The number of anilines is 1. The van der Waals surface area contributed by atoms with E-state index in [4.69, 9.17) is 4.98 Å². The number of fused-ring (bicyclic) bond motifs is 1. The lowest BCUT2D eigenvalue weighted by atomic mass is 10.1. The number of benzene rings is 1. The van der Waals surface area contributed by atoms with Crippen LogP contribution in [0.15, 0.2) is 67.6 Å². The summed E-state index contributed by atoms with van der Waals surface area (Å²) in [5.41, 5.74) is 2.05. The summed E-state index contributed by atoms with van der Waals surface area (Å²) in [6.45, 7) is 7.10. The van der Waals surface area contributed by atoms with Crippen molar-refractivity contribution in [2.75, 3.05) is 5.32 Å². The molecular formula is C25H21F3N6O2. The third-order valence-corrected chi connectivity index (χ3v) is 5.45. The van der Waals surface area contributed by atoms with E-state index in [-0.39, 0.29) is 17.3 Å². The topological polar surface area (TPSA) is 101 Å². The van der Waals surface area contributed by atoms with Gasteiger partial charge in [-0.2, -0.15) is 13.2 Å². The molecule has 11 heteroatoms. The number of halogens is 3. The second-order valence-electron chi connectivity index (χ2n) is 7.94. The predicted octanol–water partition coefficient (Wildman–Crippen LogP) is 4.73.